The molecule has 2 aliphatic carbocycles. The molecule has 9 rings (SSSR count). The molecule has 0 heterocycles. The quantitative estimate of drug-likeness (QED) is 0.205. The van der Waals surface area contributed by atoms with E-state index >= 15 is 0 Å². The molecule has 2 aliphatic rings. The van der Waals surface area contributed by atoms with Crippen LogP contribution in [0.1, 0.15) is 45.2 Å². The van der Waals surface area contributed by atoms with Crippen molar-refractivity contribution in [3.05, 3.63) is 179 Å². The van der Waals surface area contributed by atoms with Gasteiger partial charge in [0.15, 0.2) is 0 Å². The van der Waals surface area contributed by atoms with Crippen molar-refractivity contribution < 1.29 is 0 Å². The molecule has 0 fully saturated rings. The number of fused-ring (bicyclic) bond motifs is 8. The van der Waals surface area contributed by atoms with Gasteiger partial charge < -0.3 is 0 Å². The van der Waals surface area contributed by atoms with E-state index in [0.29, 0.717) is 0 Å². The third-order valence-corrected chi connectivity index (χ3v) is 9.26. The fourth-order valence-corrected chi connectivity index (χ4v) is 7.75. The first-order valence-electron chi connectivity index (χ1n) is 14.2. The van der Waals surface area contributed by atoms with Gasteiger partial charge in [0.05, 0.1) is 0 Å². The van der Waals surface area contributed by atoms with Gasteiger partial charge in [-0.05, 0) is 77.2 Å². The summed E-state index contributed by atoms with van der Waals surface area (Å²) in [6.07, 6.45) is 0. The summed E-state index contributed by atoms with van der Waals surface area (Å²) in [4.78, 5) is 0. The van der Waals surface area contributed by atoms with Gasteiger partial charge in [0.2, 0.25) is 0 Å². The van der Waals surface area contributed by atoms with Crippen LogP contribution >= 0.6 is 0 Å². The van der Waals surface area contributed by atoms with Crippen molar-refractivity contribution in [3.8, 4) is 22.3 Å². The highest BCUT2D eigenvalue weighted by Gasteiger charge is 2.35. The molecule has 0 heteroatoms. The highest BCUT2D eigenvalue weighted by molar-refractivity contribution is 6.09. The maximum Gasteiger partial charge on any atom is 0.0364 e. The molecule has 0 radical (unpaired) electrons. The molecule has 0 saturated heterocycles. The van der Waals surface area contributed by atoms with E-state index in [1.54, 1.807) is 0 Å². The van der Waals surface area contributed by atoms with Crippen molar-refractivity contribution in [2.24, 2.45) is 0 Å². The average molecular weight is 507 g/mol. The Labute approximate surface area is 234 Å². The Morgan fingerprint density at radius 2 is 0.475 bits per heavy atom. The minimum Gasteiger partial charge on any atom is -0.0619 e. The lowest BCUT2D eigenvalue weighted by Crippen LogP contribution is -2.07. The molecule has 0 spiro atoms. The number of hydrogen-bond acceptors (Lipinski definition) is 0. The largest absolute Gasteiger partial charge is 0.0619 e. The van der Waals surface area contributed by atoms with Crippen molar-refractivity contribution in [3.63, 3.8) is 0 Å². The van der Waals surface area contributed by atoms with Crippen LogP contribution in [-0.4, -0.2) is 0 Å². The molecule has 7 aromatic carbocycles. The van der Waals surface area contributed by atoms with Crippen LogP contribution in [0.15, 0.2) is 146 Å². The van der Waals surface area contributed by atoms with Crippen molar-refractivity contribution >= 4 is 21.5 Å². The molecule has 0 saturated carbocycles. The molecule has 7 aromatic rings. The van der Waals surface area contributed by atoms with Gasteiger partial charge in [-0.25, -0.2) is 0 Å². The normalized spacial score (nSPS) is 13.8. The number of hydrogen-bond donors (Lipinski definition) is 0. The van der Waals surface area contributed by atoms with E-state index in [0.717, 1.165) is 0 Å². The fraction of sp³-hybridized carbons (Fsp3) is 0.0500. The van der Waals surface area contributed by atoms with E-state index in [1.807, 2.05) is 0 Å². The Hall–Kier alpha value is -4.94. The van der Waals surface area contributed by atoms with Gasteiger partial charge in [0.1, 0.15) is 0 Å². The third kappa shape index (κ3) is 2.86. The Balaban J connectivity index is 1.43. The van der Waals surface area contributed by atoms with Crippen LogP contribution in [0.5, 0.6) is 0 Å². The van der Waals surface area contributed by atoms with Gasteiger partial charge in [-0.1, -0.05) is 146 Å². The lowest BCUT2D eigenvalue weighted by Gasteiger charge is -2.25. The van der Waals surface area contributed by atoms with Gasteiger partial charge in [-0.2, -0.15) is 0 Å². The lowest BCUT2D eigenvalue weighted by molar-refractivity contribution is 1.02. The van der Waals surface area contributed by atoms with Crippen LogP contribution in [0.2, 0.25) is 0 Å². The zero-order valence-corrected chi connectivity index (χ0v) is 22.0. The zero-order valence-electron chi connectivity index (χ0n) is 22.0. The monoisotopic (exact) mass is 506 g/mol. The van der Waals surface area contributed by atoms with E-state index in [1.165, 1.54) is 77.2 Å². The molecule has 0 N–H and O–H groups in total. The van der Waals surface area contributed by atoms with E-state index in [4.69, 9.17) is 0 Å². The first kappa shape index (κ1) is 21.9. The third-order valence-electron chi connectivity index (χ3n) is 9.26. The van der Waals surface area contributed by atoms with E-state index < -0.39 is 0 Å². The lowest BCUT2D eigenvalue weighted by atomic mass is 9.77. The second kappa shape index (κ2) is 8.28. The topological polar surface area (TPSA) is 0 Å². The first-order valence-corrected chi connectivity index (χ1v) is 14.2. The van der Waals surface area contributed by atoms with Crippen molar-refractivity contribution in [1.29, 1.82) is 0 Å². The van der Waals surface area contributed by atoms with Crippen LogP contribution in [0.4, 0.5) is 0 Å². The van der Waals surface area contributed by atoms with Crippen LogP contribution in [0, 0.1) is 0 Å². The second-order valence-electron chi connectivity index (χ2n) is 11.1. The second-order valence-corrected chi connectivity index (χ2v) is 11.1. The van der Waals surface area contributed by atoms with Crippen LogP contribution in [-0.2, 0) is 0 Å². The fourth-order valence-electron chi connectivity index (χ4n) is 7.75. The standard InChI is InChI=1S/C40H26/c1-5-17-29-25(13-1)26-14-2-6-18-30(26)37(29)39-33-21-9-11-23-35(33)40(36-24-12-10-22-34(36)39)38-31-19-7-3-15-27(31)28-16-4-8-20-32(28)38/h1-24,37-38H. The van der Waals surface area contributed by atoms with Gasteiger partial charge >= 0.3 is 0 Å². The zero-order chi connectivity index (χ0) is 26.2. The molecule has 0 atom stereocenters. The molecule has 0 nitrogen and oxygen atoms in total. The maximum absolute atomic E-state index is 2.36. The molecule has 0 unspecified atom stereocenters. The Morgan fingerprint density at radius 1 is 0.250 bits per heavy atom. The average Bonchev–Trinajstić information content (AvgIpc) is 3.53. The first-order chi connectivity index (χ1) is 19.9. The molecular weight excluding hydrogens is 480 g/mol. The minimum atomic E-state index is 0.194. The van der Waals surface area contributed by atoms with Gasteiger partial charge in [-0.15, -0.1) is 0 Å². The minimum absolute atomic E-state index is 0.194. The van der Waals surface area contributed by atoms with Gasteiger partial charge in [0.25, 0.3) is 0 Å². The van der Waals surface area contributed by atoms with Gasteiger partial charge in [-0.3, -0.25) is 0 Å². The number of rotatable bonds is 2. The van der Waals surface area contributed by atoms with Crippen molar-refractivity contribution in [2.75, 3.05) is 0 Å². The van der Waals surface area contributed by atoms with Gasteiger partial charge in [0, 0.05) is 11.8 Å². The summed E-state index contributed by atoms with van der Waals surface area (Å²) in [5.41, 5.74) is 13.9. The molecule has 186 valence electrons. The molecule has 40 heavy (non-hydrogen) atoms. The molecule has 0 aromatic heterocycles. The molecule has 0 aliphatic heterocycles. The van der Waals surface area contributed by atoms with E-state index in [-0.39, 0.29) is 11.8 Å². The van der Waals surface area contributed by atoms with Crippen LogP contribution < -0.4 is 0 Å². The van der Waals surface area contributed by atoms with Crippen LogP contribution in [0.25, 0.3) is 43.8 Å². The summed E-state index contributed by atoms with van der Waals surface area (Å²) in [5.74, 6) is 0.388. The smallest absolute Gasteiger partial charge is 0.0364 e. The Kier molecular flexibility index (Phi) is 4.54. The summed E-state index contributed by atoms with van der Waals surface area (Å²) >= 11 is 0. The summed E-state index contributed by atoms with van der Waals surface area (Å²) < 4.78 is 0. The summed E-state index contributed by atoms with van der Waals surface area (Å²) in [7, 11) is 0. The SMILES string of the molecule is c1ccc2c(c1)-c1ccccc1C2c1c2ccccc2c(C2c3ccccc3-c3ccccc32)c2ccccc12. The summed E-state index contributed by atoms with van der Waals surface area (Å²) in [6, 6.07) is 54.3. The molecular formula is C40H26. The molecule has 0 amide bonds. The summed E-state index contributed by atoms with van der Waals surface area (Å²) in [5, 5.41) is 5.42. The highest BCUT2D eigenvalue weighted by atomic mass is 14.4. The predicted octanol–water partition coefficient (Wildman–Crippen LogP) is 10.3. The van der Waals surface area contributed by atoms with Crippen molar-refractivity contribution in [1.82, 2.24) is 0 Å². The Bertz CT molecular complexity index is 1830. The van der Waals surface area contributed by atoms with E-state index in [9.17, 15) is 0 Å². The number of benzene rings is 7. The summed E-state index contributed by atoms with van der Waals surface area (Å²) in [6.45, 7) is 0. The van der Waals surface area contributed by atoms with E-state index in [2.05, 4.69) is 146 Å². The highest BCUT2D eigenvalue weighted by Crippen LogP contribution is 2.55. The van der Waals surface area contributed by atoms with Crippen LogP contribution in [0.3, 0.4) is 0 Å². The maximum atomic E-state index is 2.36. The molecule has 0 bridgehead atoms. The Morgan fingerprint density at radius 3 is 0.750 bits per heavy atom. The predicted molar refractivity (Wildman–Crippen MR) is 167 cm³/mol. The van der Waals surface area contributed by atoms with Crippen molar-refractivity contribution in [2.45, 2.75) is 11.8 Å².